The fraction of sp³-hybridized carbons (Fsp3) is 0.619. The van der Waals surface area contributed by atoms with Gasteiger partial charge in [0.05, 0.1) is 12.8 Å². The summed E-state index contributed by atoms with van der Waals surface area (Å²) in [6, 6.07) is 6.03. The van der Waals surface area contributed by atoms with E-state index in [2.05, 4.69) is 25.4 Å². The molecular formula is C21H34ClIN6O2. The summed E-state index contributed by atoms with van der Waals surface area (Å²) in [7, 11) is 3.48. The summed E-state index contributed by atoms with van der Waals surface area (Å²) >= 11 is 6.19. The molecule has 3 rings (SSSR count). The molecule has 1 amide bonds. The number of ether oxygens (including phenoxy) is 1. The van der Waals surface area contributed by atoms with Crippen molar-refractivity contribution in [1.82, 2.24) is 20.4 Å². The molecule has 31 heavy (non-hydrogen) atoms. The van der Waals surface area contributed by atoms with E-state index in [9.17, 15) is 4.79 Å². The van der Waals surface area contributed by atoms with Crippen molar-refractivity contribution in [2.24, 2.45) is 4.99 Å². The van der Waals surface area contributed by atoms with Crippen LogP contribution in [0.15, 0.2) is 23.2 Å². The Kier molecular flexibility index (Phi) is 10.4. The van der Waals surface area contributed by atoms with Gasteiger partial charge in [0.25, 0.3) is 0 Å². The van der Waals surface area contributed by atoms with Crippen molar-refractivity contribution in [2.45, 2.75) is 19.4 Å². The number of nitrogens with zero attached hydrogens (tertiary/aromatic N) is 4. The molecule has 2 N–H and O–H groups in total. The van der Waals surface area contributed by atoms with Crippen LogP contribution in [0.1, 0.15) is 13.3 Å². The summed E-state index contributed by atoms with van der Waals surface area (Å²) in [4.78, 5) is 22.4. The minimum absolute atomic E-state index is 0. The van der Waals surface area contributed by atoms with Crippen LogP contribution in [0.3, 0.4) is 0 Å². The lowest BCUT2D eigenvalue weighted by Gasteiger charge is -2.34. The van der Waals surface area contributed by atoms with Crippen molar-refractivity contribution in [2.75, 3.05) is 71.4 Å². The molecule has 1 aromatic carbocycles. The first-order chi connectivity index (χ1) is 14.5. The van der Waals surface area contributed by atoms with Crippen molar-refractivity contribution >= 4 is 53.1 Å². The molecule has 174 valence electrons. The van der Waals surface area contributed by atoms with Gasteiger partial charge in [-0.15, -0.1) is 24.0 Å². The van der Waals surface area contributed by atoms with Crippen molar-refractivity contribution in [1.29, 1.82) is 0 Å². The van der Waals surface area contributed by atoms with Gasteiger partial charge in [-0.3, -0.25) is 14.7 Å². The van der Waals surface area contributed by atoms with Crippen molar-refractivity contribution in [3.05, 3.63) is 23.2 Å². The molecule has 1 unspecified atom stereocenters. The Hall–Kier alpha value is -1.46. The third-order valence-electron chi connectivity index (χ3n) is 5.77. The third kappa shape index (κ3) is 7.28. The molecule has 0 spiro atoms. The number of anilines is 1. The highest BCUT2D eigenvalue weighted by Crippen LogP contribution is 2.33. The lowest BCUT2D eigenvalue weighted by Crippen LogP contribution is -2.51. The fourth-order valence-electron chi connectivity index (χ4n) is 4.01. The van der Waals surface area contributed by atoms with Gasteiger partial charge in [-0.1, -0.05) is 11.6 Å². The van der Waals surface area contributed by atoms with E-state index in [0.717, 1.165) is 76.2 Å². The molecule has 2 aliphatic heterocycles. The highest BCUT2D eigenvalue weighted by Gasteiger charge is 2.25. The number of methoxy groups -OCH3 is 1. The molecule has 2 saturated heterocycles. The first-order valence-corrected chi connectivity index (χ1v) is 10.9. The van der Waals surface area contributed by atoms with E-state index in [1.807, 2.05) is 23.1 Å². The quantitative estimate of drug-likeness (QED) is 0.312. The summed E-state index contributed by atoms with van der Waals surface area (Å²) in [6.07, 6.45) is 1.02. The molecule has 0 bridgehead atoms. The van der Waals surface area contributed by atoms with E-state index in [0.29, 0.717) is 11.1 Å². The molecule has 0 radical (unpaired) electrons. The minimum Gasteiger partial charge on any atom is -0.495 e. The van der Waals surface area contributed by atoms with Gasteiger partial charge < -0.3 is 25.2 Å². The second kappa shape index (κ2) is 12.5. The first kappa shape index (κ1) is 25.8. The van der Waals surface area contributed by atoms with Gasteiger partial charge in [0.15, 0.2) is 5.96 Å². The van der Waals surface area contributed by atoms with Crippen LogP contribution < -0.4 is 20.3 Å². The molecule has 2 heterocycles. The number of carbonyl (C=O) groups is 1. The van der Waals surface area contributed by atoms with E-state index >= 15 is 0 Å². The second-order valence-corrected chi connectivity index (χ2v) is 8.18. The van der Waals surface area contributed by atoms with Crippen LogP contribution in [0.2, 0.25) is 5.02 Å². The number of halogens is 2. The van der Waals surface area contributed by atoms with Gasteiger partial charge in [-0.25, -0.2) is 0 Å². The van der Waals surface area contributed by atoms with Crippen LogP contribution in [0, 0.1) is 0 Å². The molecule has 0 saturated carbocycles. The summed E-state index contributed by atoms with van der Waals surface area (Å²) in [5.41, 5.74) is 1.03. The van der Waals surface area contributed by atoms with Gasteiger partial charge >= 0.3 is 0 Å². The fourth-order valence-corrected chi connectivity index (χ4v) is 4.18. The van der Waals surface area contributed by atoms with Crippen molar-refractivity contribution < 1.29 is 9.53 Å². The molecular weight excluding hydrogens is 531 g/mol. The summed E-state index contributed by atoms with van der Waals surface area (Å²) < 4.78 is 5.50. The predicted molar refractivity (Wildman–Crippen MR) is 137 cm³/mol. The smallest absolute Gasteiger partial charge is 0.219 e. The van der Waals surface area contributed by atoms with E-state index in [1.54, 1.807) is 21.1 Å². The Morgan fingerprint density at radius 2 is 2.00 bits per heavy atom. The number of piperazine rings is 1. The number of nitrogens with one attached hydrogen (secondary N) is 2. The average molecular weight is 565 g/mol. The largest absolute Gasteiger partial charge is 0.495 e. The van der Waals surface area contributed by atoms with Crippen LogP contribution in [-0.2, 0) is 4.79 Å². The Labute approximate surface area is 207 Å². The van der Waals surface area contributed by atoms with Crippen LogP contribution in [0.25, 0.3) is 0 Å². The van der Waals surface area contributed by atoms with Gasteiger partial charge in [-0.2, -0.15) is 0 Å². The van der Waals surface area contributed by atoms with E-state index in [1.165, 1.54) is 0 Å². The van der Waals surface area contributed by atoms with Crippen LogP contribution in [0.5, 0.6) is 5.75 Å². The number of guanidine groups is 1. The van der Waals surface area contributed by atoms with Crippen molar-refractivity contribution in [3.8, 4) is 5.75 Å². The maximum Gasteiger partial charge on any atom is 0.219 e. The lowest BCUT2D eigenvalue weighted by atomic mass is 10.2. The number of benzene rings is 1. The Morgan fingerprint density at radius 1 is 1.26 bits per heavy atom. The zero-order valence-electron chi connectivity index (χ0n) is 18.6. The van der Waals surface area contributed by atoms with Crippen molar-refractivity contribution in [3.63, 3.8) is 0 Å². The number of hydrogen-bond acceptors (Lipinski definition) is 5. The van der Waals surface area contributed by atoms with E-state index in [-0.39, 0.29) is 29.9 Å². The number of rotatable bonds is 6. The zero-order valence-corrected chi connectivity index (χ0v) is 21.7. The molecule has 2 fully saturated rings. The number of hydrogen-bond donors (Lipinski definition) is 2. The van der Waals surface area contributed by atoms with Gasteiger partial charge in [0.1, 0.15) is 5.75 Å². The van der Waals surface area contributed by atoms with Gasteiger partial charge in [-0.05, 0) is 24.6 Å². The monoisotopic (exact) mass is 564 g/mol. The summed E-state index contributed by atoms with van der Waals surface area (Å²) in [5, 5.41) is 7.66. The number of aliphatic imine (C=N–C) groups is 1. The lowest BCUT2D eigenvalue weighted by molar-refractivity contribution is -0.130. The van der Waals surface area contributed by atoms with Gasteiger partial charge in [0.2, 0.25) is 5.91 Å². The van der Waals surface area contributed by atoms with Crippen LogP contribution in [-0.4, -0.2) is 94.2 Å². The molecule has 10 heteroatoms. The van der Waals surface area contributed by atoms with E-state index in [4.69, 9.17) is 16.3 Å². The van der Waals surface area contributed by atoms with Gasteiger partial charge in [0, 0.05) is 77.4 Å². The average Bonchev–Trinajstić information content (AvgIpc) is 3.21. The van der Waals surface area contributed by atoms with Crippen LogP contribution in [0.4, 0.5) is 5.69 Å². The zero-order chi connectivity index (χ0) is 21.5. The Balaban J connectivity index is 0.00000341. The predicted octanol–water partition coefficient (Wildman–Crippen LogP) is 1.87. The molecule has 1 atom stereocenters. The Bertz CT molecular complexity index is 757. The topological polar surface area (TPSA) is 72.4 Å². The SMILES string of the molecule is CN=C(NCCN1CCN(C(C)=O)CC1)NC1CCN(c2cc(Cl)ccc2OC)C1.I. The molecule has 1 aromatic rings. The summed E-state index contributed by atoms with van der Waals surface area (Å²) in [5.74, 6) is 1.83. The number of amides is 1. The first-order valence-electron chi connectivity index (χ1n) is 10.5. The minimum atomic E-state index is 0. The molecule has 0 aromatic heterocycles. The highest BCUT2D eigenvalue weighted by atomic mass is 127. The maximum absolute atomic E-state index is 11.4. The molecule has 8 nitrogen and oxygen atoms in total. The summed E-state index contributed by atoms with van der Waals surface area (Å²) in [6.45, 7) is 8.66. The second-order valence-electron chi connectivity index (χ2n) is 7.74. The highest BCUT2D eigenvalue weighted by molar-refractivity contribution is 14.0. The molecule has 2 aliphatic rings. The molecule has 0 aliphatic carbocycles. The van der Waals surface area contributed by atoms with E-state index < -0.39 is 0 Å². The Morgan fingerprint density at radius 3 is 2.65 bits per heavy atom. The standard InChI is InChI=1S/C21H33ClN6O2.HI/c1-16(29)27-12-10-26(11-13-27)9-7-24-21(23-2)25-18-6-8-28(15-18)19-14-17(22)4-5-20(19)30-3;/h4-5,14,18H,6-13,15H2,1-3H3,(H2,23,24,25);1H. The maximum atomic E-state index is 11.4. The van der Waals surface area contributed by atoms with Crippen LogP contribution >= 0.6 is 35.6 Å². The number of carbonyl (C=O) groups excluding carboxylic acids is 1. The normalized spacial score (nSPS) is 19.7. The third-order valence-corrected chi connectivity index (χ3v) is 6.01.